The smallest absolute Gasteiger partial charge is 0.0834 e. The van der Waals surface area contributed by atoms with Crippen molar-refractivity contribution in [2.45, 2.75) is 65.0 Å². The number of rotatable bonds is 4. The van der Waals surface area contributed by atoms with Gasteiger partial charge in [-0.1, -0.05) is 44.7 Å². The maximum Gasteiger partial charge on any atom is 0.0834 e. The largest absolute Gasteiger partial charge is 0.322 e. The second-order valence-electron chi connectivity index (χ2n) is 5.79. The van der Waals surface area contributed by atoms with Gasteiger partial charge in [-0.15, -0.1) is 0 Å². The molecule has 0 radical (unpaired) electrons. The van der Waals surface area contributed by atoms with E-state index in [4.69, 9.17) is 17.3 Å². The molecule has 4 heteroatoms. The summed E-state index contributed by atoms with van der Waals surface area (Å²) in [6.07, 6.45) is 9.08. The third-order valence-corrected chi connectivity index (χ3v) is 4.60. The van der Waals surface area contributed by atoms with E-state index in [0.29, 0.717) is 0 Å². The summed E-state index contributed by atoms with van der Waals surface area (Å²) in [7, 11) is 0. The van der Waals surface area contributed by atoms with Crippen LogP contribution in [0.2, 0.25) is 5.02 Å². The lowest BCUT2D eigenvalue weighted by Gasteiger charge is -2.39. The molecule has 0 amide bonds. The van der Waals surface area contributed by atoms with Crippen molar-refractivity contribution in [3.63, 3.8) is 0 Å². The minimum Gasteiger partial charge on any atom is -0.322 e. The van der Waals surface area contributed by atoms with E-state index >= 15 is 0 Å². The molecule has 1 fully saturated rings. The molecule has 0 bridgehead atoms. The fraction of sp³-hybridized carbons (Fsp3) is 0.786. The van der Waals surface area contributed by atoms with Crippen molar-refractivity contribution in [2.75, 3.05) is 0 Å². The molecule has 1 heterocycles. The van der Waals surface area contributed by atoms with Gasteiger partial charge in [0.2, 0.25) is 0 Å². The molecule has 3 nitrogen and oxygen atoms in total. The molecule has 102 valence electrons. The number of aromatic nitrogens is 2. The van der Waals surface area contributed by atoms with Gasteiger partial charge in [0.05, 0.1) is 23.0 Å². The highest BCUT2D eigenvalue weighted by Gasteiger charge is 2.36. The summed E-state index contributed by atoms with van der Waals surface area (Å²) in [5.74, 6) is 0. The molecule has 1 atom stereocenters. The molecule has 1 aliphatic carbocycles. The van der Waals surface area contributed by atoms with Crippen LogP contribution >= 0.6 is 11.6 Å². The number of halogens is 1. The summed E-state index contributed by atoms with van der Waals surface area (Å²) in [5, 5.41) is 5.08. The quantitative estimate of drug-likeness (QED) is 0.900. The number of hydrogen-bond acceptors (Lipinski definition) is 2. The monoisotopic (exact) mass is 269 g/mol. The molecule has 1 aliphatic rings. The van der Waals surface area contributed by atoms with Crippen LogP contribution < -0.4 is 5.73 Å². The maximum absolute atomic E-state index is 6.54. The molecule has 0 aliphatic heterocycles. The van der Waals surface area contributed by atoms with E-state index in [-0.39, 0.29) is 11.5 Å². The summed E-state index contributed by atoms with van der Waals surface area (Å²) in [6, 6.07) is -0.000602. The van der Waals surface area contributed by atoms with Gasteiger partial charge < -0.3 is 5.73 Å². The normalized spacial score (nSPS) is 20.9. The zero-order valence-electron chi connectivity index (χ0n) is 11.5. The Morgan fingerprint density at radius 1 is 1.44 bits per heavy atom. The van der Waals surface area contributed by atoms with Crippen molar-refractivity contribution in [1.82, 2.24) is 9.78 Å². The molecule has 2 rings (SSSR count). The van der Waals surface area contributed by atoms with Crippen LogP contribution in [0.15, 0.2) is 6.20 Å². The van der Waals surface area contributed by atoms with Crippen molar-refractivity contribution in [3.8, 4) is 0 Å². The molecule has 2 N–H and O–H groups in total. The highest BCUT2D eigenvalue weighted by Crippen LogP contribution is 2.45. The van der Waals surface area contributed by atoms with Gasteiger partial charge >= 0.3 is 0 Å². The van der Waals surface area contributed by atoms with Gasteiger partial charge in [-0.25, -0.2) is 0 Å². The van der Waals surface area contributed by atoms with E-state index in [2.05, 4.69) is 18.9 Å². The van der Waals surface area contributed by atoms with E-state index in [0.717, 1.165) is 23.7 Å². The van der Waals surface area contributed by atoms with Gasteiger partial charge in [0, 0.05) is 6.54 Å². The molecule has 0 aromatic carbocycles. The predicted molar refractivity (Wildman–Crippen MR) is 75.6 cm³/mol. The number of hydrogen-bond donors (Lipinski definition) is 1. The summed E-state index contributed by atoms with van der Waals surface area (Å²) in [4.78, 5) is 0. The minimum atomic E-state index is -0.000602. The zero-order chi connectivity index (χ0) is 13.2. The van der Waals surface area contributed by atoms with Crippen molar-refractivity contribution < 1.29 is 0 Å². The van der Waals surface area contributed by atoms with Crippen molar-refractivity contribution >= 4 is 11.6 Å². The van der Waals surface area contributed by atoms with Gasteiger partial charge in [-0.05, 0) is 24.7 Å². The van der Waals surface area contributed by atoms with Crippen LogP contribution in [0.4, 0.5) is 0 Å². The molecule has 1 saturated carbocycles. The van der Waals surface area contributed by atoms with Crippen molar-refractivity contribution in [3.05, 3.63) is 16.9 Å². The lowest BCUT2D eigenvalue weighted by molar-refractivity contribution is 0.164. The first-order valence-corrected chi connectivity index (χ1v) is 7.43. The summed E-state index contributed by atoms with van der Waals surface area (Å²) in [6.45, 7) is 5.34. The Morgan fingerprint density at radius 3 is 2.72 bits per heavy atom. The third-order valence-electron chi connectivity index (χ3n) is 4.31. The average molecular weight is 270 g/mol. The molecule has 1 unspecified atom stereocenters. The van der Waals surface area contributed by atoms with Crippen LogP contribution in [0.5, 0.6) is 0 Å². The lowest BCUT2D eigenvalue weighted by atomic mass is 9.70. The van der Waals surface area contributed by atoms with Gasteiger partial charge in [0.1, 0.15) is 0 Å². The van der Waals surface area contributed by atoms with E-state index in [1.165, 1.54) is 32.1 Å². The van der Waals surface area contributed by atoms with Crippen LogP contribution in [0.1, 0.15) is 64.1 Å². The third kappa shape index (κ3) is 2.57. The molecule has 0 spiro atoms. The number of aryl methyl sites for hydroxylation is 1. The highest BCUT2D eigenvalue weighted by molar-refractivity contribution is 6.31. The molecule has 0 saturated heterocycles. The highest BCUT2D eigenvalue weighted by atomic mass is 35.5. The van der Waals surface area contributed by atoms with Crippen LogP contribution in [0, 0.1) is 5.41 Å². The second kappa shape index (κ2) is 5.62. The average Bonchev–Trinajstić information content (AvgIpc) is 2.71. The van der Waals surface area contributed by atoms with Crippen LogP contribution in [-0.2, 0) is 6.54 Å². The standard InChI is InChI=1S/C14H24ClN3/c1-3-9-18-12(11(15)10-17-18)13(16)14(2)7-5-4-6-8-14/h10,13H,3-9,16H2,1-2H3. The van der Waals surface area contributed by atoms with Gasteiger partial charge in [0.25, 0.3) is 0 Å². The second-order valence-corrected chi connectivity index (χ2v) is 6.20. The van der Waals surface area contributed by atoms with E-state index < -0.39 is 0 Å². The fourth-order valence-electron chi connectivity index (χ4n) is 3.07. The number of nitrogens with two attached hydrogens (primary N) is 1. The summed E-state index contributed by atoms with van der Waals surface area (Å²) in [5.41, 5.74) is 7.74. The van der Waals surface area contributed by atoms with E-state index in [9.17, 15) is 0 Å². The Balaban J connectivity index is 2.26. The summed E-state index contributed by atoms with van der Waals surface area (Å²) < 4.78 is 1.99. The minimum absolute atomic E-state index is 0.000602. The van der Waals surface area contributed by atoms with Gasteiger partial charge in [-0.2, -0.15) is 5.10 Å². The molecule has 1 aromatic rings. The molecule has 1 aromatic heterocycles. The maximum atomic E-state index is 6.54. The van der Waals surface area contributed by atoms with Crippen LogP contribution in [0.3, 0.4) is 0 Å². The Labute approximate surface area is 115 Å². The van der Waals surface area contributed by atoms with E-state index in [1.807, 2.05) is 4.68 Å². The first-order chi connectivity index (χ1) is 8.58. The van der Waals surface area contributed by atoms with Crippen molar-refractivity contribution in [2.24, 2.45) is 11.1 Å². The Morgan fingerprint density at radius 2 is 2.11 bits per heavy atom. The Hall–Kier alpha value is -0.540. The van der Waals surface area contributed by atoms with Gasteiger partial charge in [0.15, 0.2) is 0 Å². The van der Waals surface area contributed by atoms with Crippen LogP contribution in [0.25, 0.3) is 0 Å². The molecule has 18 heavy (non-hydrogen) atoms. The topological polar surface area (TPSA) is 43.8 Å². The molecular formula is C14H24ClN3. The Kier molecular flexibility index (Phi) is 4.33. The first kappa shape index (κ1) is 13.9. The molecular weight excluding hydrogens is 246 g/mol. The zero-order valence-corrected chi connectivity index (χ0v) is 12.2. The fourth-order valence-corrected chi connectivity index (χ4v) is 3.33. The Bertz CT molecular complexity index is 394. The van der Waals surface area contributed by atoms with Gasteiger partial charge in [-0.3, -0.25) is 4.68 Å². The summed E-state index contributed by atoms with van der Waals surface area (Å²) >= 11 is 6.29. The SMILES string of the molecule is CCCn1ncc(Cl)c1C(N)C1(C)CCCCC1. The van der Waals surface area contributed by atoms with E-state index in [1.54, 1.807) is 6.20 Å². The number of nitrogens with zero attached hydrogens (tertiary/aromatic N) is 2. The first-order valence-electron chi connectivity index (χ1n) is 7.05. The predicted octanol–water partition coefficient (Wildman–Crippen LogP) is 3.92. The lowest BCUT2D eigenvalue weighted by Crippen LogP contribution is -2.35. The van der Waals surface area contributed by atoms with Crippen molar-refractivity contribution in [1.29, 1.82) is 0 Å². The van der Waals surface area contributed by atoms with Crippen LogP contribution in [-0.4, -0.2) is 9.78 Å².